The molecule has 0 bridgehead atoms. The van der Waals surface area contributed by atoms with Gasteiger partial charge >= 0.3 is 0 Å². The van der Waals surface area contributed by atoms with E-state index in [1.54, 1.807) is 25.3 Å². The molecule has 3 nitrogen and oxygen atoms in total. The molecule has 0 fully saturated rings. The highest BCUT2D eigenvalue weighted by Gasteiger charge is 2.11. The fourth-order valence-corrected chi connectivity index (χ4v) is 1.62. The average molecular weight is 240 g/mol. The maximum atomic E-state index is 12.1. The summed E-state index contributed by atoms with van der Waals surface area (Å²) in [6.07, 6.45) is 0. The van der Waals surface area contributed by atoms with Crippen molar-refractivity contribution >= 4 is 11.6 Å². The monoisotopic (exact) mass is 240 g/mol. The Hall–Kier alpha value is -2.29. The highest BCUT2D eigenvalue weighted by Crippen LogP contribution is 2.19. The van der Waals surface area contributed by atoms with Crippen LogP contribution in [0.4, 0.5) is 5.69 Å². The van der Waals surface area contributed by atoms with Gasteiger partial charge in [-0.15, -0.1) is 0 Å². The lowest BCUT2D eigenvalue weighted by Gasteiger charge is -2.09. The van der Waals surface area contributed by atoms with E-state index in [0.29, 0.717) is 11.3 Å². The van der Waals surface area contributed by atoms with Crippen molar-refractivity contribution in [2.45, 2.75) is 0 Å². The van der Waals surface area contributed by atoms with Gasteiger partial charge in [0, 0.05) is 5.69 Å². The minimum atomic E-state index is -0.190. The average Bonchev–Trinajstić information content (AvgIpc) is 2.41. The zero-order valence-electron chi connectivity index (χ0n) is 10.1. The summed E-state index contributed by atoms with van der Waals surface area (Å²) < 4.78 is 5.15. The first-order valence-electron chi connectivity index (χ1n) is 5.57. The zero-order valence-corrected chi connectivity index (χ0v) is 10.1. The molecule has 0 aromatic heterocycles. The Bertz CT molecular complexity index is 547. The molecule has 0 saturated heterocycles. The van der Waals surface area contributed by atoms with Crippen LogP contribution in [0.3, 0.4) is 0 Å². The third-order valence-corrected chi connectivity index (χ3v) is 2.56. The summed E-state index contributed by atoms with van der Waals surface area (Å²) >= 11 is 0. The van der Waals surface area contributed by atoms with Gasteiger partial charge in [-0.25, -0.2) is 0 Å². The Morgan fingerprint density at radius 3 is 2.44 bits per heavy atom. The number of anilines is 1. The molecule has 0 atom stereocenters. The van der Waals surface area contributed by atoms with E-state index in [1.165, 1.54) is 0 Å². The SMILES string of the molecule is [CH2]c1ccc(NC(=O)c2ccccc2OC)cc1. The lowest BCUT2D eigenvalue weighted by molar-refractivity contribution is 0.102. The molecule has 0 saturated carbocycles. The second-order valence-corrected chi connectivity index (χ2v) is 3.85. The van der Waals surface area contributed by atoms with Crippen LogP contribution in [-0.4, -0.2) is 13.0 Å². The van der Waals surface area contributed by atoms with E-state index >= 15 is 0 Å². The van der Waals surface area contributed by atoms with E-state index in [1.807, 2.05) is 30.3 Å². The van der Waals surface area contributed by atoms with Gasteiger partial charge in [0.25, 0.3) is 5.91 Å². The molecule has 1 radical (unpaired) electrons. The van der Waals surface area contributed by atoms with Crippen molar-refractivity contribution < 1.29 is 9.53 Å². The summed E-state index contributed by atoms with van der Waals surface area (Å²) in [4.78, 5) is 12.1. The molecule has 2 aromatic carbocycles. The molecule has 1 N–H and O–H groups in total. The highest BCUT2D eigenvalue weighted by molar-refractivity contribution is 6.06. The van der Waals surface area contributed by atoms with Gasteiger partial charge in [0.1, 0.15) is 5.75 Å². The molecule has 0 spiro atoms. The number of amides is 1. The van der Waals surface area contributed by atoms with Crippen molar-refractivity contribution in [3.8, 4) is 5.75 Å². The van der Waals surface area contributed by atoms with E-state index in [2.05, 4.69) is 12.2 Å². The van der Waals surface area contributed by atoms with Gasteiger partial charge in [0.15, 0.2) is 0 Å². The van der Waals surface area contributed by atoms with Crippen LogP contribution in [0, 0.1) is 6.92 Å². The number of benzene rings is 2. The molecule has 1 amide bonds. The van der Waals surface area contributed by atoms with Crippen molar-refractivity contribution in [1.82, 2.24) is 0 Å². The molecular weight excluding hydrogens is 226 g/mol. The molecule has 0 aliphatic carbocycles. The Morgan fingerprint density at radius 1 is 1.11 bits per heavy atom. The number of para-hydroxylation sites is 1. The maximum Gasteiger partial charge on any atom is 0.259 e. The fraction of sp³-hybridized carbons (Fsp3) is 0.0667. The van der Waals surface area contributed by atoms with Crippen LogP contribution in [0.25, 0.3) is 0 Å². The zero-order chi connectivity index (χ0) is 13.0. The van der Waals surface area contributed by atoms with Gasteiger partial charge in [0.05, 0.1) is 12.7 Å². The maximum absolute atomic E-state index is 12.1. The lowest BCUT2D eigenvalue weighted by Crippen LogP contribution is -2.12. The molecule has 0 aliphatic rings. The fourth-order valence-electron chi connectivity index (χ4n) is 1.62. The molecule has 0 unspecified atom stereocenters. The molecule has 3 heteroatoms. The van der Waals surface area contributed by atoms with E-state index in [9.17, 15) is 4.79 Å². The van der Waals surface area contributed by atoms with Gasteiger partial charge < -0.3 is 10.1 Å². The Kier molecular flexibility index (Phi) is 3.63. The van der Waals surface area contributed by atoms with Gasteiger partial charge in [-0.3, -0.25) is 4.79 Å². The van der Waals surface area contributed by atoms with Crippen LogP contribution in [0.15, 0.2) is 48.5 Å². The van der Waals surface area contributed by atoms with E-state index in [-0.39, 0.29) is 5.91 Å². The Morgan fingerprint density at radius 2 is 1.78 bits per heavy atom. The first-order chi connectivity index (χ1) is 8.70. The number of rotatable bonds is 3. The standard InChI is InChI=1S/C15H14NO2/c1-11-7-9-12(10-8-11)16-15(17)13-5-3-4-6-14(13)18-2/h3-10H,1H2,2H3,(H,16,17). The van der Waals surface area contributed by atoms with Crippen LogP contribution in [0.1, 0.15) is 15.9 Å². The largest absolute Gasteiger partial charge is 0.496 e. The molecule has 18 heavy (non-hydrogen) atoms. The number of nitrogens with one attached hydrogen (secondary N) is 1. The number of carbonyl (C=O) groups is 1. The summed E-state index contributed by atoms with van der Waals surface area (Å²) in [6.45, 7) is 3.79. The normalized spacial score (nSPS) is 9.89. The molecule has 91 valence electrons. The van der Waals surface area contributed by atoms with Crippen molar-refractivity contribution in [3.63, 3.8) is 0 Å². The molecule has 0 heterocycles. The first kappa shape index (κ1) is 12.2. The predicted molar refractivity (Wildman–Crippen MR) is 71.8 cm³/mol. The minimum Gasteiger partial charge on any atom is -0.496 e. The Balaban J connectivity index is 2.19. The van der Waals surface area contributed by atoms with Gasteiger partial charge in [-0.2, -0.15) is 0 Å². The second-order valence-electron chi connectivity index (χ2n) is 3.85. The van der Waals surface area contributed by atoms with Gasteiger partial charge in [-0.05, 0) is 36.8 Å². The molecular formula is C15H14NO2. The second kappa shape index (κ2) is 5.36. The van der Waals surface area contributed by atoms with E-state index in [4.69, 9.17) is 4.74 Å². The summed E-state index contributed by atoms with van der Waals surface area (Å²) in [6, 6.07) is 14.4. The summed E-state index contributed by atoms with van der Waals surface area (Å²) in [5, 5.41) is 2.81. The lowest BCUT2D eigenvalue weighted by atomic mass is 10.1. The minimum absolute atomic E-state index is 0.190. The van der Waals surface area contributed by atoms with Crippen molar-refractivity contribution in [3.05, 3.63) is 66.6 Å². The topological polar surface area (TPSA) is 38.3 Å². The van der Waals surface area contributed by atoms with Crippen LogP contribution in [-0.2, 0) is 0 Å². The summed E-state index contributed by atoms with van der Waals surface area (Å²) in [5.41, 5.74) is 2.15. The van der Waals surface area contributed by atoms with Crippen molar-refractivity contribution in [2.75, 3.05) is 12.4 Å². The molecule has 2 aromatic rings. The number of methoxy groups -OCH3 is 1. The quantitative estimate of drug-likeness (QED) is 0.895. The van der Waals surface area contributed by atoms with Crippen LogP contribution in [0.2, 0.25) is 0 Å². The van der Waals surface area contributed by atoms with Crippen molar-refractivity contribution in [1.29, 1.82) is 0 Å². The van der Waals surface area contributed by atoms with Gasteiger partial charge in [-0.1, -0.05) is 24.3 Å². The Labute approximate surface area is 106 Å². The van der Waals surface area contributed by atoms with Crippen LogP contribution >= 0.6 is 0 Å². The summed E-state index contributed by atoms with van der Waals surface area (Å²) in [7, 11) is 1.55. The highest BCUT2D eigenvalue weighted by atomic mass is 16.5. The van der Waals surface area contributed by atoms with Gasteiger partial charge in [0.2, 0.25) is 0 Å². The van der Waals surface area contributed by atoms with E-state index < -0.39 is 0 Å². The van der Waals surface area contributed by atoms with E-state index in [0.717, 1.165) is 11.3 Å². The number of hydrogen-bond donors (Lipinski definition) is 1. The predicted octanol–water partition coefficient (Wildman–Crippen LogP) is 3.13. The molecule has 0 aliphatic heterocycles. The smallest absolute Gasteiger partial charge is 0.259 e. The third-order valence-electron chi connectivity index (χ3n) is 2.56. The number of carbonyl (C=O) groups excluding carboxylic acids is 1. The first-order valence-corrected chi connectivity index (χ1v) is 5.57. The number of ether oxygens (including phenoxy) is 1. The van der Waals surface area contributed by atoms with Crippen LogP contribution in [0.5, 0.6) is 5.75 Å². The summed E-state index contributed by atoms with van der Waals surface area (Å²) in [5.74, 6) is 0.369. The third kappa shape index (κ3) is 2.69. The van der Waals surface area contributed by atoms with Crippen molar-refractivity contribution in [2.24, 2.45) is 0 Å². The number of hydrogen-bond acceptors (Lipinski definition) is 2. The molecule has 2 rings (SSSR count). The van der Waals surface area contributed by atoms with Crippen LogP contribution < -0.4 is 10.1 Å².